The summed E-state index contributed by atoms with van der Waals surface area (Å²) in [5, 5.41) is 15.4. The first-order valence-electron chi connectivity index (χ1n) is 9.09. The second-order valence-electron chi connectivity index (χ2n) is 6.51. The number of benzene rings is 1. The fourth-order valence-electron chi connectivity index (χ4n) is 3.17. The van der Waals surface area contributed by atoms with E-state index in [0.717, 1.165) is 42.6 Å². The third-order valence-corrected chi connectivity index (χ3v) is 6.30. The number of carbonyl (C=O) groups is 1. The van der Waals surface area contributed by atoms with Crippen LogP contribution in [0.25, 0.3) is 11.3 Å². The van der Waals surface area contributed by atoms with Gasteiger partial charge in [0.15, 0.2) is 5.13 Å². The van der Waals surface area contributed by atoms with Crippen molar-refractivity contribution in [2.45, 2.75) is 30.7 Å². The maximum absolute atomic E-state index is 12.3. The number of thiazole rings is 1. The molecular weight excluding hydrogens is 388 g/mol. The molecule has 1 aliphatic rings. The first-order valence-corrected chi connectivity index (χ1v) is 11.0. The van der Waals surface area contributed by atoms with Crippen LogP contribution in [-0.2, 0) is 17.6 Å². The highest BCUT2D eigenvalue weighted by Crippen LogP contribution is 2.28. The molecule has 0 bridgehead atoms. The fraction of sp³-hybridized carbons (Fsp3) is 0.238. The second-order valence-corrected chi connectivity index (χ2v) is 8.33. The number of carbonyl (C=O) groups excluding carboxylic acids is 1. The van der Waals surface area contributed by atoms with E-state index in [9.17, 15) is 10.1 Å². The average molecular weight is 407 g/mol. The number of pyridine rings is 1. The Balaban J connectivity index is 1.40. The predicted molar refractivity (Wildman–Crippen MR) is 112 cm³/mol. The minimum atomic E-state index is -0.151. The zero-order valence-corrected chi connectivity index (χ0v) is 16.8. The molecule has 4 rings (SSSR count). The minimum absolute atomic E-state index is 0.151. The van der Waals surface area contributed by atoms with Crippen LogP contribution in [0.15, 0.2) is 46.8 Å². The number of aromatic nitrogens is 2. The van der Waals surface area contributed by atoms with Crippen molar-refractivity contribution < 1.29 is 4.79 Å². The van der Waals surface area contributed by atoms with Gasteiger partial charge in [0.05, 0.1) is 17.0 Å². The number of nitrogens with zero attached hydrogens (tertiary/aromatic N) is 3. The molecule has 1 amide bonds. The Hall–Kier alpha value is -2.69. The normalized spacial score (nSPS) is 12.8. The molecule has 0 radical (unpaired) electrons. The van der Waals surface area contributed by atoms with Gasteiger partial charge in [-0.3, -0.25) is 4.79 Å². The van der Waals surface area contributed by atoms with E-state index < -0.39 is 0 Å². The van der Waals surface area contributed by atoms with Crippen LogP contribution in [0.4, 0.5) is 5.13 Å². The summed E-state index contributed by atoms with van der Waals surface area (Å²) in [7, 11) is 0. The van der Waals surface area contributed by atoms with Gasteiger partial charge in [-0.25, -0.2) is 9.97 Å². The molecule has 0 spiro atoms. The number of thioether (sulfide) groups is 1. The SMILES string of the molecule is N#Cc1cc2c(nc1SCC(=O)Nc1nc(-c3ccccc3)cs1)CCCC2. The Morgan fingerprint density at radius 2 is 2.04 bits per heavy atom. The van der Waals surface area contributed by atoms with E-state index in [4.69, 9.17) is 0 Å². The van der Waals surface area contributed by atoms with Crippen LogP contribution in [0.2, 0.25) is 0 Å². The molecule has 1 aliphatic carbocycles. The maximum Gasteiger partial charge on any atom is 0.236 e. The highest BCUT2D eigenvalue weighted by Gasteiger charge is 2.17. The van der Waals surface area contributed by atoms with Crippen molar-refractivity contribution in [2.24, 2.45) is 0 Å². The maximum atomic E-state index is 12.3. The van der Waals surface area contributed by atoms with Gasteiger partial charge < -0.3 is 5.32 Å². The van der Waals surface area contributed by atoms with E-state index in [-0.39, 0.29) is 11.7 Å². The molecule has 7 heteroatoms. The predicted octanol–water partition coefficient (Wildman–Crippen LogP) is 4.69. The Bertz CT molecular complexity index is 1040. The monoisotopic (exact) mass is 406 g/mol. The lowest BCUT2D eigenvalue weighted by Gasteiger charge is -2.16. The molecule has 0 aliphatic heterocycles. The van der Waals surface area contributed by atoms with Crippen molar-refractivity contribution in [3.8, 4) is 17.3 Å². The van der Waals surface area contributed by atoms with Gasteiger partial charge in [0.25, 0.3) is 0 Å². The third-order valence-electron chi connectivity index (χ3n) is 4.55. The zero-order valence-electron chi connectivity index (χ0n) is 15.1. The number of hydrogen-bond donors (Lipinski definition) is 1. The van der Waals surface area contributed by atoms with Gasteiger partial charge in [-0.1, -0.05) is 42.1 Å². The van der Waals surface area contributed by atoms with Gasteiger partial charge in [-0.15, -0.1) is 11.3 Å². The number of rotatable bonds is 5. The molecule has 1 aromatic carbocycles. The molecule has 0 unspecified atom stereocenters. The Morgan fingerprint density at radius 1 is 1.21 bits per heavy atom. The summed E-state index contributed by atoms with van der Waals surface area (Å²) in [4.78, 5) is 21.5. The van der Waals surface area contributed by atoms with E-state index in [2.05, 4.69) is 21.4 Å². The minimum Gasteiger partial charge on any atom is -0.301 e. The second kappa shape index (κ2) is 8.55. The van der Waals surface area contributed by atoms with Crippen LogP contribution in [0.5, 0.6) is 0 Å². The molecular formula is C21H18N4OS2. The van der Waals surface area contributed by atoms with E-state index in [1.54, 1.807) is 0 Å². The third kappa shape index (κ3) is 4.24. The van der Waals surface area contributed by atoms with E-state index >= 15 is 0 Å². The fourth-order valence-corrected chi connectivity index (χ4v) is 4.68. The smallest absolute Gasteiger partial charge is 0.236 e. The van der Waals surface area contributed by atoms with Gasteiger partial charge >= 0.3 is 0 Å². The van der Waals surface area contributed by atoms with Gasteiger partial charge in [0.2, 0.25) is 5.91 Å². The summed E-state index contributed by atoms with van der Waals surface area (Å²) < 4.78 is 0. The zero-order chi connectivity index (χ0) is 19.3. The highest BCUT2D eigenvalue weighted by molar-refractivity contribution is 8.00. The van der Waals surface area contributed by atoms with Crippen molar-refractivity contribution in [3.63, 3.8) is 0 Å². The highest BCUT2D eigenvalue weighted by atomic mass is 32.2. The summed E-state index contributed by atoms with van der Waals surface area (Å²) in [6.07, 6.45) is 4.20. The lowest BCUT2D eigenvalue weighted by molar-refractivity contribution is -0.113. The first kappa shape index (κ1) is 18.7. The van der Waals surface area contributed by atoms with Crippen molar-refractivity contribution in [2.75, 3.05) is 11.1 Å². The molecule has 5 nitrogen and oxygen atoms in total. The molecule has 2 heterocycles. The van der Waals surface area contributed by atoms with E-state index in [1.807, 2.05) is 41.8 Å². The Morgan fingerprint density at radius 3 is 2.86 bits per heavy atom. The number of anilines is 1. The van der Waals surface area contributed by atoms with Crippen LogP contribution in [-0.4, -0.2) is 21.6 Å². The van der Waals surface area contributed by atoms with Gasteiger partial charge in [0, 0.05) is 16.6 Å². The van der Waals surface area contributed by atoms with E-state index in [0.29, 0.717) is 15.7 Å². The molecule has 0 atom stereocenters. The summed E-state index contributed by atoms with van der Waals surface area (Å²) in [6.45, 7) is 0. The number of fused-ring (bicyclic) bond motifs is 1. The Kier molecular flexibility index (Phi) is 5.70. The molecule has 0 fully saturated rings. The standard InChI is InChI=1S/C21H18N4OS2/c22-11-16-10-15-8-4-5-9-17(15)23-20(16)27-13-19(26)25-21-24-18(12-28-21)14-6-2-1-3-7-14/h1-3,6-7,10,12H,4-5,8-9,13H2,(H,24,25,26). The Labute approximate surface area is 171 Å². The number of hydrogen-bond acceptors (Lipinski definition) is 6. The van der Waals surface area contributed by atoms with E-state index in [1.165, 1.54) is 28.7 Å². The van der Waals surface area contributed by atoms with Crippen LogP contribution in [0.1, 0.15) is 29.7 Å². The van der Waals surface area contributed by atoms with Crippen LogP contribution >= 0.6 is 23.1 Å². The lowest BCUT2D eigenvalue weighted by Crippen LogP contribution is -2.14. The van der Waals surface area contributed by atoms with Crippen molar-refractivity contribution >= 4 is 34.1 Å². The molecule has 3 aromatic rings. The number of nitriles is 1. The first-order chi connectivity index (χ1) is 13.7. The summed E-state index contributed by atoms with van der Waals surface area (Å²) in [5.41, 5.74) is 4.66. The number of amides is 1. The molecule has 0 saturated heterocycles. The molecule has 28 heavy (non-hydrogen) atoms. The van der Waals surface area contributed by atoms with Crippen molar-refractivity contribution in [1.82, 2.24) is 9.97 Å². The summed E-state index contributed by atoms with van der Waals surface area (Å²) >= 11 is 2.71. The van der Waals surface area contributed by atoms with Crippen LogP contribution in [0.3, 0.4) is 0 Å². The van der Waals surface area contributed by atoms with Gasteiger partial charge in [-0.2, -0.15) is 5.26 Å². The van der Waals surface area contributed by atoms with Crippen LogP contribution < -0.4 is 5.32 Å². The van der Waals surface area contributed by atoms with Crippen molar-refractivity contribution in [3.05, 3.63) is 58.6 Å². The quantitative estimate of drug-likeness (QED) is 0.622. The lowest BCUT2D eigenvalue weighted by atomic mass is 9.95. The molecule has 1 N–H and O–H groups in total. The molecule has 140 valence electrons. The van der Waals surface area contributed by atoms with Gasteiger partial charge in [0.1, 0.15) is 11.1 Å². The summed E-state index contributed by atoms with van der Waals surface area (Å²) in [6, 6.07) is 14.0. The average Bonchev–Trinajstić information content (AvgIpc) is 3.20. The summed E-state index contributed by atoms with van der Waals surface area (Å²) in [5.74, 6) is 0.0446. The van der Waals surface area contributed by atoms with Crippen molar-refractivity contribution in [1.29, 1.82) is 5.26 Å². The number of nitrogens with one attached hydrogen (secondary N) is 1. The topological polar surface area (TPSA) is 78.7 Å². The molecule has 0 saturated carbocycles. The largest absolute Gasteiger partial charge is 0.301 e. The van der Waals surface area contributed by atoms with Gasteiger partial charge in [-0.05, 0) is 37.3 Å². The molecule has 2 aromatic heterocycles. The van der Waals surface area contributed by atoms with Crippen LogP contribution in [0, 0.1) is 11.3 Å². The number of aryl methyl sites for hydroxylation is 2.